The minimum atomic E-state index is -0.379. The average Bonchev–Trinajstić information content (AvgIpc) is 3.11. The molecule has 2 aromatic carbocycles. The van der Waals surface area contributed by atoms with Gasteiger partial charge in [-0.25, -0.2) is 14.2 Å². The Morgan fingerprint density at radius 2 is 1.84 bits per heavy atom. The zero-order valence-corrected chi connectivity index (χ0v) is 17.9. The summed E-state index contributed by atoms with van der Waals surface area (Å²) < 4.78 is 27.6. The van der Waals surface area contributed by atoms with Crippen molar-refractivity contribution < 1.29 is 13.9 Å². The number of tetrazole rings is 1. The van der Waals surface area contributed by atoms with Gasteiger partial charge in [0.05, 0.1) is 18.0 Å². The Hall–Kier alpha value is -4.01. The molecule has 0 fully saturated rings. The molecule has 0 unspecified atom stereocenters. The van der Waals surface area contributed by atoms with E-state index in [0.717, 1.165) is 15.8 Å². The van der Waals surface area contributed by atoms with Crippen LogP contribution in [0.4, 0.5) is 4.39 Å². The van der Waals surface area contributed by atoms with Crippen LogP contribution in [0.15, 0.2) is 59.4 Å². The Bertz CT molecular complexity index is 1320. The SMILES string of the molecule is CCOc1cc(F)ccc1-c1cccc(OCc2c(C)cccc2-n2nnn(C)c2=O)n1. The maximum Gasteiger partial charge on any atom is 0.368 e. The third-order valence-electron chi connectivity index (χ3n) is 4.94. The van der Waals surface area contributed by atoms with Crippen LogP contribution in [0.25, 0.3) is 16.9 Å². The molecule has 0 N–H and O–H groups in total. The summed E-state index contributed by atoms with van der Waals surface area (Å²) in [5, 5.41) is 7.71. The fourth-order valence-corrected chi connectivity index (χ4v) is 3.31. The molecule has 8 nitrogen and oxygen atoms in total. The largest absolute Gasteiger partial charge is 0.493 e. The van der Waals surface area contributed by atoms with Crippen molar-refractivity contribution in [3.63, 3.8) is 0 Å². The summed E-state index contributed by atoms with van der Waals surface area (Å²) >= 11 is 0. The fraction of sp³-hybridized carbons (Fsp3) is 0.217. The van der Waals surface area contributed by atoms with E-state index in [0.29, 0.717) is 35.2 Å². The van der Waals surface area contributed by atoms with Crippen LogP contribution in [0, 0.1) is 12.7 Å². The van der Waals surface area contributed by atoms with Gasteiger partial charge in [0, 0.05) is 30.3 Å². The molecule has 0 radical (unpaired) electrons. The second-order valence-corrected chi connectivity index (χ2v) is 7.09. The second kappa shape index (κ2) is 9.01. The predicted octanol–water partition coefficient (Wildman–Crippen LogP) is 3.45. The van der Waals surface area contributed by atoms with E-state index in [1.165, 1.54) is 16.8 Å². The molecule has 0 spiro atoms. The van der Waals surface area contributed by atoms with E-state index in [9.17, 15) is 9.18 Å². The maximum atomic E-state index is 13.7. The van der Waals surface area contributed by atoms with Gasteiger partial charge in [-0.3, -0.25) is 0 Å². The van der Waals surface area contributed by atoms with Crippen molar-refractivity contribution in [2.75, 3.05) is 6.61 Å². The monoisotopic (exact) mass is 435 g/mol. The minimum Gasteiger partial charge on any atom is -0.493 e. The number of hydrogen-bond acceptors (Lipinski definition) is 6. The molecular weight excluding hydrogens is 413 g/mol. The third kappa shape index (κ3) is 4.22. The smallest absolute Gasteiger partial charge is 0.368 e. The quantitative estimate of drug-likeness (QED) is 0.442. The molecule has 164 valence electrons. The lowest BCUT2D eigenvalue weighted by atomic mass is 10.1. The van der Waals surface area contributed by atoms with Crippen LogP contribution < -0.4 is 15.2 Å². The molecule has 4 rings (SSSR count). The summed E-state index contributed by atoms with van der Waals surface area (Å²) in [4.78, 5) is 16.9. The van der Waals surface area contributed by atoms with Gasteiger partial charge in [0.15, 0.2) is 0 Å². The van der Waals surface area contributed by atoms with E-state index in [4.69, 9.17) is 9.47 Å². The number of hydrogen-bond donors (Lipinski definition) is 0. The first-order valence-corrected chi connectivity index (χ1v) is 10.1. The van der Waals surface area contributed by atoms with Crippen LogP contribution in [-0.2, 0) is 13.7 Å². The highest BCUT2D eigenvalue weighted by Gasteiger charge is 2.15. The number of aryl methyl sites for hydroxylation is 2. The molecule has 0 aliphatic carbocycles. The molecule has 0 atom stereocenters. The molecule has 0 aliphatic rings. The highest BCUT2D eigenvalue weighted by atomic mass is 19.1. The molecular formula is C23H22FN5O3. The number of ether oxygens (including phenoxy) is 2. The Balaban J connectivity index is 1.63. The van der Waals surface area contributed by atoms with Crippen molar-refractivity contribution in [3.8, 4) is 28.6 Å². The molecule has 0 aliphatic heterocycles. The van der Waals surface area contributed by atoms with E-state index in [-0.39, 0.29) is 18.1 Å². The average molecular weight is 435 g/mol. The number of nitrogens with zero attached hydrogens (tertiary/aromatic N) is 5. The van der Waals surface area contributed by atoms with E-state index >= 15 is 0 Å². The number of pyridine rings is 1. The van der Waals surface area contributed by atoms with Crippen LogP contribution in [0.1, 0.15) is 18.1 Å². The summed E-state index contributed by atoms with van der Waals surface area (Å²) in [5.41, 5.74) is 3.24. The molecule has 32 heavy (non-hydrogen) atoms. The van der Waals surface area contributed by atoms with Gasteiger partial charge in [-0.05, 0) is 54.1 Å². The van der Waals surface area contributed by atoms with Crippen LogP contribution in [0.5, 0.6) is 11.6 Å². The van der Waals surface area contributed by atoms with Crippen molar-refractivity contribution in [3.05, 3.63) is 82.0 Å². The highest BCUT2D eigenvalue weighted by molar-refractivity contribution is 5.67. The summed E-state index contributed by atoms with van der Waals surface area (Å²) in [6, 6.07) is 15.3. The predicted molar refractivity (Wildman–Crippen MR) is 116 cm³/mol. The number of aromatic nitrogens is 5. The van der Waals surface area contributed by atoms with Crippen LogP contribution >= 0.6 is 0 Å². The Morgan fingerprint density at radius 1 is 1.03 bits per heavy atom. The van der Waals surface area contributed by atoms with Gasteiger partial charge in [-0.2, -0.15) is 9.36 Å². The lowest BCUT2D eigenvalue weighted by molar-refractivity contribution is 0.293. The lowest BCUT2D eigenvalue weighted by Crippen LogP contribution is -2.23. The number of rotatable bonds is 7. The molecule has 2 heterocycles. The topological polar surface area (TPSA) is 84.1 Å². The molecule has 0 saturated heterocycles. The van der Waals surface area contributed by atoms with Crippen molar-refractivity contribution in [1.82, 2.24) is 24.8 Å². The zero-order valence-electron chi connectivity index (χ0n) is 17.9. The van der Waals surface area contributed by atoms with Crippen molar-refractivity contribution in [2.24, 2.45) is 7.05 Å². The van der Waals surface area contributed by atoms with Gasteiger partial charge in [0.2, 0.25) is 5.88 Å². The van der Waals surface area contributed by atoms with Crippen molar-refractivity contribution in [1.29, 1.82) is 0 Å². The van der Waals surface area contributed by atoms with Gasteiger partial charge < -0.3 is 9.47 Å². The zero-order chi connectivity index (χ0) is 22.7. The van der Waals surface area contributed by atoms with Gasteiger partial charge in [0.25, 0.3) is 0 Å². The second-order valence-electron chi connectivity index (χ2n) is 7.09. The summed E-state index contributed by atoms with van der Waals surface area (Å²) in [6.45, 7) is 4.35. The minimum absolute atomic E-state index is 0.170. The van der Waals surface area contributed by atoms with Gasteiger partial charge in [0.1, 0.15) is 18.2 Å². The summed E-state index contributed by atoms with van der Waals surface area (Å²) in [6.07, 6.45) is 0. The number of benzene rings is 2. The van der Waals surface area contributed by atoms with Gasteiger partial charge in [-0.1, -0.05) is 18.2 Å². The van der Waals surface area contributed by atoms with Crippen LogP contribution in [0.2, 0.25) is 0 Å². The highest BCUT2D eigenvalue weighted by Crippen LogP contribution is 2.31. The Labute approximate surface area is 183 Å². The first kappa shape index (κ1) is 21.2. The fourth-order valence-electron chi connectivity index (χ4n) is 3.31. The van der Waals surface area contributed by atoms with E-state index in [1.807, 2.05) is 32.0 Å². The first-order chi connectivity index (χ1) is 15.5. The lowest BCUT2D eigenvalue weighted by Gasteiger charge is -2.14. The van der Waals surface area contributed by atoms with E-state index in [1.54, 1.807) is 31.3 Å². The van der Waals surface area contributed by atoms with E-state index < -0.39 is 0 Å². The molecule has 0 amide bonds. The maximum absolute atomic E-state index is 13.7. The van der Waals surface area contributed by atoms with Crippen LogP contribution in [0.3, 0.4) is 0 Å². The third-order valence-corrected chi connectivity index (χ3v) is 4.94. The Morgan fingerprint density at radius 3 is 2.59 bits per heavy atom. The molecule has 2 aromatic heterocycles. The summed E-state index contributed by atoms with van der Waals surface area (Å²) in [7, 11) is 1.54. The van der Waals surface area contributed by atoms with Crippen LogP contribution in [-0.4, -0.2) is 31.4 Å². The van der Waals surface area contributed by atoms with Crippen molar-refractivity contribution >= 4 is 0 Å². The normalized spacial score (nSPS) is 10.9. The Kier molecular flexibility index (Phi) is 5.98. The molecule has 4 aromatic rings. The summed E-state index contributed by atoms with van der Waals surface area (Å²) in [5.74, 6) is 0.422. The van der Waals surface area contributed by atoms with E-state index in [2.05, 4.69) is 15.4 Å². The number of halogens is 1. The first-order valence-electron chi connectivity index (χ1n) is 10.1. The molecule has 0 bridgehead atoms. The molecule has 9 heteroatoms. The van der Waals surface area contributed by atoms with Gasteiger partial charge >= 0.3 is 5.69 Å². The van der Waals surface area contributed by atoms with Gasteiger partial charge in [-0.15, -0.1) is 0 Å². The molecule has 0 saturated carbocycles. The van der Waals surface area contributed by atoms with Crippen molar-refractivity contribution in [2.45, 2.75) is 20.5 Å². The standard InChI is InChI=1S/C23H22FN5O3/c1-4-31-21-13-16(24)11-12-17(21)19-8-6-10-22(25-19)32-14-18-15(2)7-5-9-20(18)29-23(30)28(3)26-27-29/h5-13H,4,14H2,1-3H3.